The summed E-state index contributed by atoms with van der Waals surface area (Å²) in [6.07, 6.45) is 1.94. The molecule has 5 heteroatoms. The molecule has 0 amide bonds. The minimum Gasteiger partial charge on any atom is -0.398 e. The summed E-state index contributed by atoms with van der Waals surface area (Å²) in [5.74, 6) is 0.944. The van der Waals surface area contributed by atoms with Crippen molar-refractivity contribution in [2.24, 2.45) is 0 Å². The number of nitrogens with two attached hydrogens (primary N) is 1. The molecule has 142 valence electrons. The smallest absolute Gasteiger partial charge is 0.168 e. The lowest BCUT2D eigenvalue weighted by molar-refractivity contribution is 0.0993. The molecule has 0 aliphatic carbocycles. The maximum absolute atomic E-state index is 12.8. The molecule has 0 radical (unpaired) electrons. The van der Waals surface area contributed by atoms with Crippen LogP contribution in [0.3, 0.4) is 0 Å². The highest BCUT2D eigenvalue weighted by Gasteiger charge is 2.14. The number of nitrogens with one attached hydrogen (secondary N) is 1. The molecule has 2 aromatic carbocycles. The number of nitrogen functional groups attached to an aromatic ring is 1. The van der Waals surface area contributed by atoms with Gasteiger partial charge in [-0.3, -0.25) is 4.79 Å². The topological polar surface area (TPSA) is 71.2 Å². The van der Waals surface area contributed by atoms with Crippen LogP contribution in [0.25, 0.3) is 11.1 Å². The van der Waals surface area contributed by atoms with Crippen LogP contribution in [0.15, 0.2) is 66.9 Å². The predicted octanol–water partition coefficient (Wildman–Crippen LogP) is 3.17. The van der Waals surface area contributed by atoms with Gasteiger partial charge in [-0.2, -0.15) is 0 Å². The first-order valence-corrected chi connectivity index (χ1v) is 9.59. The number of hydrogen-bond acceptors (Lipinski definition) is 5. The zero-order chi connectivity index (χ0) is 19.3. The Labute approximate surface area is 165 Å². The number of pyridine rings is 1. The van der Waals surface area contributed by atoms with Crippen molar-refractivity contribution in [3.63, 3.8) is 0 Å². The van der Waals surface area contributed by atoms with Crippen LogP contribution >= 0.6 is 0 Å². The Morgan fingerprint density at radius 2 is 1.79 bits per heavy atom. The van der Waals surface area contributed by atoms with E-state index < -0.39 is 0 Å². The summed E-state index contributed by atoms with van der Waals surface area (Å²) in [5.41, 5.74) is 10.4. The average Bonchev–Trinajstić information content (AvgIpc) is 2.76. The lowest BCUT2D eigenvalue weighted by Crippen LogP contribution is -2.43. The van der Waals surface area contributed by atoms with E-state index in [0.717, 1.165) is 48.7 Å². The van der Waals surface area contributed by atoms with Gasteiger partial charge in [0.2, 0.25) is 0 Å². The number of piperazine rings is 1. The molecule has 0 bridgehead atoms. The average molecular weight is 372 g/mol. The van der Waals surface area contributed by atoms with E-state index in [1.54, 1.807) is 6.20 Å². The van der Waals surface area contributed by atoms with Crippen molar-refractivity contribution in [1.82, 2.24) is 10.3 Å². The van der Waals surface area contributed by atoms with Crippen molar-refractivity contribution in [1.29, 1.82) is 0 Å². The minimum absolute atomic E-state index is 0.0243. The molecule has 5 nitrogen and oxygen atoms in total. The van der Waals surface area contributed by atoms with Gasteiger partial charge >= 0.3 is 0 Å². The first-order valence-electron chi connectivity index (χ1n) is 9.59. The number of rotatable bonds is 5. The maximum Gasteiger partial charge on any atom is 0.168 e. The lowest BCUT2D eigenvalue weighted by Gasteiger charge is -2.28. The van der Waals surface area contributed by atoms with Gasteiger partial charge in [0.1, 0.15) is 5.82 Å². The summed E-state index contributed by atoms with van der Waals surface area (Å²) >= 11 is 0. The highest BCUT2D eigenvalue weighted by molar-refractivity contribution is 5.98. The van der Waals surface area contributed by atoms with Crippen molar-refractivity contribution in [3.05, 3.63) is 78.0 Å². The summed E-state index contributed by atoms with van der Waals surface area (Å²) in [4.78, 5) is 19.5. The second-order valence-corrected chi connectivity index (χ2v) is 7.02. The second-order valence-electron chi connectivity index (χ2n) is 7.02. The SMILES string of the molecule is Nc1ccc(-c2ccccc2)cc1CC(=O)c1ccc(N2CCNCC2)nc1. The Morgan fingerprint density at radius 3 is 2.50 bits per heavy atom. The molecule has 4 rings (SSSR count). The zero-order valence-electron chi connectivity index (χ0n) is 15.8. The number of aromatic nitrogens is 1. The van der Waals surface area contributed by atoms with Gasteiger partial charge in [-0.15, -0.1) is 0 Å². The first kappa shape index (κ1) is 18.2. The maximum atomic E-state index is 12.8. The Morgan fingerprint density at radius 1 is 1.00 bits per heavy atom. The van der Waals surface area contributed by atoms with Crippen LogP contribution in [0.1, 0.15) is 15.9 Å². The Balaban J connectivity index is 1.50. The van der Waals surface area contributed by atoms with Crippen molar-refractivity contribution in [3.8, 4) is 11.1 Å². The monoisotopic (exact) mass is 372 g/mol. The van der Waals surface area contributed by atoms with Crippen LogP contribution in [0.2, 0.25) is 0 Å². The van der Waals surface area contributed by atoms with E-state index in [9.17, 15) is 4.79 Å². The molecule has 1 aliphatic rings. The third-order valence-electron chi connectivity index (χ3n) is 5.11. The Hall–Kier alpha value is -3.18. The van der Waals surface area contributed by atoms with E-state index in [1.807, 2.05) is 48.5 Å². The van der Waals surface area contributed by atoms with Gasteiger partial charge in [-0.25, -0.2) is 4.98 Å². The van der Waals surface area contributed by atoms with Gasteiger partial charge in [0.15, 0.2) is 5.78 Å². The van der Waals surface area contributed by atoms with Gasteiger partial charge in [-0.05, 0) is 41.0 Å². The Kier molecular flexibility index (Phi) is 5.35. The molecule has 1 saturated heterocycles. The number of Topliss-reactive ketones (excluding diaryl/α,β-unsaturated/α-hetero) is 1. The van der Waals surface area contributed by atoms with Crippen molar-refractivity contribution in [2.75, 3.05) is 36.8 Å². The molecule has 0 atom stereocenters. The largest absolute Gasteiger partial charge is 0.398 e. The number of carbonyl (C=O) groups is 1. The molecule has 0 saturated carbocycles. The van der Waals surface area contributed by atoms with Crippen LogP contribution in [0.5, 0.6) is 0 Å². The third-order valence-corrected chi connectivity index (χ3v) is 5.11. The lowest BCUT2D eigenvalue weighted by atomic mass is 9.97. The summed E-state index contributed by atoms with van der Waals surface area (Å²) in [6, 6.07) is 19.8. The highest BCUT2D eigenvalue weighted by atomic mass is 16.1. The predicted molar refractivity (Wildman–Crippen MR) is 114 cm³/mol. The summed E-state index contributed by atoms with van der Waals surface area (Å²) < 4.78 is 0. The minimum atomic E-state index is 0.0243. The van der Waals surface area contributed by atoms with Gasteiger partial charge in [0.05, 0.1) is 0 Å². The molecule has 1 aliphatic heterocycles. The number of carbonyl (C=O) groups excluding carboxylic acids is 1. The molecule has 3 N–H and O–H groups in total. The van der Waals surface area contributed by atoms with E-state index in [1.165, 1.54) is 0 Å². The van der Waals surface area contributed by atoms with E-state index in [-0.39, 0.29) is 12.2 Å². The molecule has 28 heavy (non-hydrogen) atoms. The molecule has 1 aromatic heterocycles. The van der Waals surface area contributed by atoms with Crippen molar-refractivity contribution >= 4 is 17.3 Å². The number of nitrogens with zero attached hydrogens (tertiary/aromatic N) is 2. The molecule has 1 fully saturated rings. The molecule has 0 unspecified atom stereocenters. The van der Waals surface area contributed by atoms with Crippen LogP contribution < -0.4 is 16.0 Å². The Bertz CT molecular complexity index is 948. The van der Waals surface area contributed by atoms with Gasteiger partial charge in [0.25, 0.3) is 0 Å². The number of ketones is 1. The fraction of sp³-hybridized carbons (Fsp3) is 0.217. The fourth-order valence-electron chi connectivity index (χ4n) is 3.48. The van der Waals surface area contributed by atoms with Gasteiger partial charge in [-0.1, -0.05) is 36.4 Å². The fourth-order valence-corrected chi connectivity index (χ4v) is 3.48. The van der Waals surface area contributed by atoms with Crippen molar-refractivity contribution < 1.29 is 4.79 Å². The standard InChI is InChI=1S/C23H24N4O/c24-21-8-6-18(17-4-2-1-3-5-17)14-20(21)15-22(28)19-7-9-23(26-16-19)27-12-10-25-11-13-27/h1-9,14,16,25H,10-13,15,24H2. The van der Waals surface area contributed by atoms with E-state index in [2.05, 4.69) is 27.3 Å². The zero-order valence-corrected chi connectivity index (χ0v) is 15.8. The molecule has 2 heterocycles. The summed E-state index contributed by atoms with van der Waals surface area (Å²) in [7, 11) is 0. The van der Waals surface area contributed by atoms with Gasteiger partial charge in [0, 0.05) is 50.0 Å². The molecular weight excluding hydrogens is 348 g/mol. The molecule has 0 spiro atoms. The van der Waals surface area contributed by atoms with E-state index in [4.69, 9.17) is 5.73 Å². The summed E-state index contributed by atoms with van der Waals surface area (Å²) in [6.45, 7) is 3.78. The third kappa shape index (κ3) is 4.05. The second kappa shape index (κ2) is 8.23. The number of anilines is 2. The first-order chi connectivity index (χ1) is 13.7. The van der Waals surface area contributed by atoms with Crippen LogP contribution in [-0.4, -0.2) is 36.9 Å². The van der Waals surface area contributed by atoms with E-state index in [0.29, 0.717) is 11.3 Å². The van der Waals surface area contributed by atoms with Crippen LogP contribution in [-0.2, 0) is 6.42 Å². The molecule has 3 aromatic rings. The number of benzene rings is 2. The van der Waals surface area contributed by atoms with Crippen LogP contribution in [0.4, 0.5) is 11.5 Å². The van der Waals surface area contributed by atoms with Gasteiger partial charge < -0.3 is 16.0 Å². The van der Waals surface area contributed by atoms with E-state index >= 15 is 0 Å². The quantitative estimate of drug-likeness (QED) is 0.532. The normalized spacial score (nSPS) is 14.1. The highest BCUT2D eigenvalue weighted by Crippen LogP contribution is 2.25. The summed E-state index contributed by atoms with van der Waals surface area (Å²) in [5, 5.41) is 3.33. The number of hydrogen-bond donors (Lipinski definition) is 2. The molecular formula is C23H24N4O. The van der Waals surface area contributed by atoms with Crippen LogP contribution in [0, 0.1) is 0 Å². The van der Waals surface area contributed by atoms with Crippen molar-refractivity contribution in [2.45, 2.75) is 6.42 Å².